The molecule has 0 bridgehead atoms. The third-order valence-corrected chi connectivity index (χ3v) is 4.68. The molecule has 0 aliphatic carbocycles. The summed E-state index contributed by atoms with van der Waals surface area (Å²) in [6, 6.07) is 21.1. The molecule has 1 aliphatic rings. The number of nitrogens with one attached hydrogen (secondary N) is 2. The number of fused-ring (bicyclic) bond motifs is 2. The molecule has 1 atom stereocenters. The van der Waals surface area contributed by atoms with Crippen LogP contribution in [-0.4, -0.2) is 38.1 Å². The van der Waals surface area contributed by atoms with Crippen LogP contribution in [0, 0.1) is 0 Å². The zero-order chi connectivity index (χ0) is 20.2. The van der Waals surface area contributed by atoms with E-state index in [0.717, 1.165) is 16.5 Å². The first-order chi connectivity index (χ1) is 14.1. The number of amides is 2. The van der Waals surface area contributed by atoms with Crippen LogP contribution in [0.1, 0.15) is 0 Å². The molecule has 0 fully saturated rings. The van der Waals surface area contributed by atoms with Crippen LogP contribution in [0.2, 0.25) is 0 Å². The third-order valence-electron chi connectivity index (χ3n) is 4.68. The van der Waals surface area contributed by atoms with Gasteiger partial charge in [-0.25, -0.2) is 0 Å². The zero-order valence-corrected chi connectivity index (χ0v) is 15.9. The fourth-order valence-electron chi connectivity index (χ4n) is 3.12. The molecule has 29 heavy (non-hydrogen) atoms. The lowest BCUT2D eigenvalue weighted by Gasteiger charge is -2.25. The van der Waals surface area contributed by atoms with E-state index >= 15 is 0 Å². The van der Waals surface area contributed by atoms with Crippen molar-refractivity contribution in [3.63, 3.8) is 0 Å². The molecule has 0 radical (unpaired) electrons. The molecule has 7 nitrogen and oxygen atoms in total. The number of benzene rings is 3. The largest absolute Gasteiger partial charge is 0.485 e. The van der Waals surface area contributed by atoms with E-state index in [1.807, 2.05) is 60.5 Å². The summed E-state index contributed by atoms with van der Waals surface area (Å²) in [7, 11) is 1.82. The summed E-state index contributed by atoms with van der Waals surface area (Å²) < 4.78 is 11.1. The minimum Gasteiger partial charge on any atom is -0.485 e. The highest BCUT2D eigenvalue weighted by Gasteiger charge is 2.27. The average molecular weight is 391 g/mol. The second-order valence-electron chi connectivity index (χ2n) is 6.79. The van der Waals surface area contributed by atoms with Crippen molar-refractivity contribution < 1.29 is 19.1 Å². The maximum atomic E-state index is 12.3. The maximum absolute atomic E-state index is 12.3. The second kappa shape index (κ2) is 8.10. The number of ether oxygens (including phenoxy) is 2. The molecule has 0 aromatic heterocycles. The number of hydrogen-bond donors (Lipinski definition) is 2. The van der Waals surface area contributed by atoms with E-state index in [9.17, 15) is 9.59 Å². The maximum Gasteiger partial charge on any atom is 0.283 e. The molecule has 4 rings (SSSR count). The van der Waals surface area contributed by atoms with E-state index in [1.54, 1.807) is 18.2 Å². The summed E-state index contributed by atoms with van der Waals surface area (Å²) in [6.07, 6.45) is -0.830. The first kappa shape index (κ1) is 18.6. The van der Waals surface area contributed by atoms with Gasteiger partial charge in [-0.15, -0.1) is 0 Å². The van der Waals surface area contributed by atoms with Crippen LogP contribution in [-0.2, 0) is 9.59 Å². The predicted molar refractivity (Wildman–Crippen MR) is 110 cm³/mol. The number of likely N-dealkylation sites (N-methyl/N-ethyl adjacent to an activating group) is 1. The molecule has 148 valence electrons. The molecular formula is C22H21N3O4. The summed E-state index contributed by atoms with van der Waals surface area (Å²) in [6.45, 7) is 0.166. The van der Waals surface area contributed by atoms with E-state index in [1.165, 1.54) is 0 Å². The van der Waals surface area contributed by atoms with Crippen LogP contribution in [0.25, 0.3) is 10.8 Å². The number of carbonyl (C=O) groups excluding carboxylic acids is 2. The Morgan fingerprint density at radius 2 is 1.69 bits per heavy atom. The Morgan fingerprint density at radius 1 is 0.966 bits per heavy atom. The Morgan fingerprint density at radius 3 is 2.52 bits per heavy atom. The van der Waals surface area contributed by atoms with Gasteiger partial charge >= 0.3 is 0 Å². The summed E-state index contributed by atoms with van der Waals surface area (Å²) >= 11 is 0. The molecule has 0 unspecified atom stereocenters. The number of para-hydroxylation sites is 2. The van der Waals surface area contributed by atoms with Gasteiger partial charge in [0.25, 0.3) is 11.8 Å². The Bertz CT molecular complexity index is 1050. The van der Waals surface area contributed by atoms with E-state index in [2.05, 4.69) is 10.9 Å². The fraction of sp³-hybridized carbons (Fsp3) is 0.182. The van der Waals surface area contributed by atoms with Crippen molar-refractivity contribution >= 4 is 28.3 Å². The summed E-state index contributed by atoms with van der Waals surface area (Å²) in [5.74, 6) is 0.284. The lowest BCUT2D eigenvalue weighted by Crippen LogP contribution is -2.52. The smallest absolute Gasteiger partial charge is 0.283 e. The summed E-state index contributed by atoms with van der Waals surface area (Å²) in [5.41, 5.74) is 5.73. The van der Waals surface area contributed by atoms with E-state index in [0.29, 0.717) is 11.5 Å². The number of carbonyl (C=O) groups is 2. The third kappa shape index (κ3) is 4.24. The van der Waals surface area contributed by atoms with Gasteiger partial charge < -0.3 is 14.4 Å². The lowest BCUT2D eigenvalue weighted by atomic mass is 10.1. The summed E-state index contributed by atoms with van der Waals surface area (Å²) in [4.78, 5) is 26.3. The van der Waals surface area contributed by atoms with Gasteiger partial charge in [0, 0.05) is 12.7 Å². The van der Waals surface area contributed by atoms with Gasteiger partial charge in [0.2, 0.25) is 6.10 Å². The highest BCUT2D eigenvalue weighted by Crippen LogP contribution is 2.30. The second-order valence-corrected chi connectivity index (χ2v) is 6.79. The predicted octanol–water partition coefficient (Wildman–Crippen LogP) is 2.26. The van der Waals surface area contributed by atoms with Crippen LogP contribution in [0.5, 0.6) is 11.5 Å². The highest BCUT2D eigenvalue weighted by atomic mass is 16.6. The Labute approximate surface area is 168 Å². The number of anilines is 1. The van der Waals surface area contributed by atoms with Gasteiger partial charge in [-0.1, -0.05) is 42.5 Å². The SMILES string of the molecule is CN(CC(=O)NNC(=O)[C@@H]1COc2ccccc2O1)c1ccc2ccccc2c1. The van der Waals surface area contributed by atoms with Crippen LogP contribution < -0.4 is 25.2 Å². The highest BCUT2D eigenvalue weighted by molar-refractivity contribution is 5.89. The topological polar surface area (TPSA) is 79.9 Å². The first-order valence-corrected chi connectivity index (χ1v) is 9.27. The molecule has 1 heterocycles. The van der Waals surface area contributed by atoms with Gasteiger partial charge in [-0.3, -0.25) is 20.4 Å². The molecule has 3 aromatic rings. The molecule has 3 aromatic carbocycles. The molecule has 0 spiro atoms. The van der Waals surface area contributed by atoms with Crippen LogP contribution in [0.15, 0.2) is 66.7 Å². The van der Waals surface area contributed by atoms with E-state index in [-0.39, 0.29) is 19.1 Å². The molecule has 2 N–H and O–H groups in total. The van der Waals surface area contributed by atoms with Crippen LogP contribution >= 0.6 is 0 Å². The van der Waals surface area contributed by atoms with Crippen molar-refractivity contribution in [1.82, 2.24) is 10.9 Å². The Kier molecular flexibility index (Phi) is 5.20. The minimum absolute atomic E-state index is 0.0791. The molecule has 0 saturated carbocycles. The number of nitrogens with zero attached hydrogens (tertiary/aromatic N) is 1. The van der Waals surface area contributed by atoms with Crippen LogP contribution in [0.4, 0.5) is 5.69 Å². The van der Waals surface area contributed by atoms with E-state index in [4.69, 9.17) is 9.47 Å². The fourth-order valence-corrected chi connectivity index (χ4v) is 3.12. The number of rotatable bonds is 4. The van der Waals surface area contributed by atoms with E-state index < -0.39 is 12.0 Å². The first-order valence-electron chi connectivity index (χ1n) is 9.27. The number of hydrogen-bond acceptors (Lipinski definition) is 5. The van der Waals surface area contributed by atoms with Crippen molar-refractivity contribution in [3.8, 4) is 11.5 Å². The van der Waals surface area contributed by atoms with Crippen molar-refractivity contribution in [3.05, 3.63) is 66.7 Å². The van der Waals surface area contributed by atoms with Crippen LogP contribution in [0.3, 0.4) is 0 Å². The summed E-state index contributed by atoms with van der Waals surface area (Å²) in [5, 5.41) is 2.23. The molecule has 1 aliphatic heterocycles. The van der Waals surface area contributed by atoms with Gasteiger partial charge in [-0.05, 0) is 35.0 Å². The standard InChI is InChI=1S/C22H21N3O4/c1-25(17-11-10-15-6-2-3-7-16(15)12-17)13-21(26)23-24-22(27)20-14-28-18-8-4-5-9-19(18)29-20/h2-12,20H,13-14H2,1H3,(H,23,26)(H,24,27)/t20-/m0/s1. The quantitative estimate of drug-likeness (QED) is 0.667. The normalized spacial score (nSPS) is 14.9. The Balaban J connectivity index is 1.29. The van der Waals surface area contributed by atoms with Crippen molar-refractivity contribution in [2.45, 2.75) is 6.10 Å². The average Bonchev–Trinajstić information content (AvgIpc) is 2.76. The van der Waals surface area contributed by atoms with Gasteiger partial charge in [0.15, 0.2) is 11.5 Å². The van der Waals surface area contributed by atoms with Gasteiger partial charge in [-0.2, -0.15) is 0 Å². The zero-order valence-electron chi connectivity index (χ0n) is 15.9. The van der Waals surface area contributed by atoms with Gasteiger partial charge in [0.05, 0.1) is 6.54 Å². The minimum atomic E-state index is -0.830. The monoisotopic (exact) mass is 391 g/mol. The van der Waals surface area contributed by atoms with Crippen molar-refractivity contribution in [1.29, 1.82) is 0 Å². The molecule has 2 amide bonds. The van der Waals surface area contributed by atoms with Crippen molar-refractivity contribution in [2.75, 3.05) is 25.1 Å². The molecule has 0 saturated heterocycles. The van der Waals surface area contributed by atoms with Crippen molar-refractivity contribution in [2.24, 2.45) is 0 Å². The lowest BCUT2D eigenvalue weighted by molar-refractivity contribution is -0.134. The molecular weight excluding hydrogens is 370 g/mol. The number of hydrazine groups is 1. The Hall–Kier alpha value is -3.74. The molecule has 7 heteroatoms. The van der Waals surface area contributed by atoms with Gasteiger partial charge in [0.1, 0.15) is 6.61 Å².